The summed E-state index contributed by atoms with van der Waals surface area (Å²) in [6, 6.07) is 1.84. The molecule has 0 radical (unpaired) electrons. The van der Waals surface area contributed by atoms with E-state index in [-0.39, 0.29) is 31.5 Å². The Labute approximate surface area is 256 Å². The number of ether oxygens (including phenoxy) is 4. The first-order valence-electron chi connectivity index (χ1n) is 15.9. The van der Waals surface area contributed by atoms with Crippen LogP contribution in [-0.2, 0) is 33.3 Å². The molecular weight excluding hydrogens is 572 g/mol. The fraction of sp³-hybridized carbons (Fsp3) is 0.788. The lowest BCUT2D eigenvalue weighted by Gasteiger charge is -2.73. The molecule has 0 unspecified atom stereocenters. The summed E-state index contributed by atoms with van der Waals surface area (Å²) in [7, 11) is 0. The van der Waals surface area contributed by atoms with Gasteiger partial charge < -0.3 is 38.7 Å². The number of ketones is 1. The molecule has 3 N–H and O–H groups in total. The molecule has 2 saturated heterocycles. The van der Waals surface area contributed by atoms with Crippen LogP contribution in [0.5, 0.6) is 0 Å². The van der Waals surface area contributed by atoms with E-state index >= 15 is 0 Å². The summed E-state index contributed by atoms with van der Waals surface area (Å²) in [6.45, 7) is 10.3. The van der Waals surface area contributed by atoms with Crippen LogP contribution in [0.25, 0.3) is 0 Å². The van der Waals surface area contributed by atoms with Crippen molar-refractivity contribution in [2.75, 3.05) is 6.61 Å². The van der Waals surface area contributed by atoms with Gasteiger partial charge in [0.1, 0.15) is 17.8 Å². The number of carbonyl (C=O) groups excluding carboxylic acids is 3. The number of aliphatic hydroxyl groups is 3. The van der Waals surface area contributed by atoms with Crippen molar-refractivity contribution >= 4 is 17.7 Å². The van der Waals surface area contributed by atoms with Crippen molar-refractivity contribution in [3.05, 3.63) is 24.2 Å². The number of aliphatic hydroxyl groups excluding tert-OH is 3. The number of hydrogen-bond acceptors (Lipinski definition) is 11. The van der Waals surface area contributed by atoms with Gasteiger partial charge in [-0.1, -0.05) is 27.7 Å². The fourth-order valence-corrected chi connectivity index (χ4v) is 11.2. The summed E-state index contributed by atoms with van der Waals surface area (Å²) < 4.78 is 30.0. The van der Waals surface area contributed by atoms with Gasteiger partial charge in [-0.2, -0.15) is 0 Å². The van der Waals surface area contributed by atoms with Crippen LogP contribution in [0.4, 0.5) is 0 Å². The summed E-state index contributed by atoms with van der Waals surface area (Å²) in [4.78, 5) is 40.2. The minimum Gasteiger partial charge on any atom is -0.472 e. The monoisotopic (exact) mass is 616 g/mol. The number of carbonyl (C=O) groups is 3. The molecule has 11 heteroatoms. The zero-order valence-electron chi connectivity index (χ0n) is 26.1. The van der Waals surface area contributed by atoms with Gasteiger partial charge in [-0.15, -0.1) is 0 Å². The number of Topliss-reactive ketones (excluding diaryl/α,β-unsaturated/α-hetero) is 1. The van der Waals surface area contributed by atoms with Gasteiger partial charge in [-0.25, -0.2) is 0 Å². The fourth-order valence-electron chi connectivity index (χ4n) is 11.2. The topological polar surface area (TPSA) is 165 Å². The number of furan rings is 1. The number of hydrogen-bond donors (Lipinski definition) is 3. The van der Waals surface area contributed by atoms with Crippen LogP contribution in [0.15, 0.2) is 23.0 Å². The van der Waals surface area contributed by atoms with Gasteiger partial charge in [0.15, 0.2) is 5.78 Å². The van der Waals surface area contributed by atoms with Gasteiger partial charge in [0.25, 0.3) is 0 Å². The van der Waals surface area contributed by atoms with Crippen LogP contribution in [-0.4, -0.2) is 82.1 Å². The van der Waals surface area contributed by atoms with E-state index < -0.39 is 93.4 Å². The Bertz CT molecular complexity index is 1380. The third-order valence-corrected chi connectivity index (χ3v) is 13.5. The van der Waals surface area contributed by atoms with E-state index in [0.29, 0.717) is 12.8 Å². The smallest absolute Gasteiger partial charge is 0.310 e. The van der Waals surface area contributed by atoms with Gasteiger partial charge in [-0.3, -0.25) is 14.4 Å². The van der Waals surface area contributed by atoms with E-state index in [9.17, 15) is 29.7 Å². The highest BCUT2D eigenvalue weighted by molar-refractivity contribution is 5.91. The largest absolute Gasteiger partial charge is 0.472 e. The molecule has 0 amide bonds. The quantitative estimate of drug-likeness (QED) is 0.329. The number of rotatable bonds is 5. The predicted molar refractivity (Wildman–Crippen MR) is 151 cm³/mol. The van der Waals surface area contributed by atoms with E-state index in [2.05, 4.69) is 0 Å². The van der Waals surface area contributed by atoms with E-state index in [4.69, 9.17) is 23.4 Å². The summed E-state index contributed by atoms with van der Waals surface area (Å²) in [6.07, 6.45) is -1.74. The Morgan fingerprint density at radius 1 is 1.07 bits per heavy atom. The van der Waals surface area contributed by atoms with Crippen LogP contribution >= 0.6 is 0 Å². The molecule has 2 bridgehead atoms. The molecule has 4 aliphatic carbocycles. The molecule has 4 saturated carbocycles. The maximum atomic E-state index is 14.8. The second kappa shape index (κ2) is 9.37. The minimum absolute atomic E-state index is 0.0223. The Hall–Kier alpha value is -2.31. The molecule has 0 aromatic carbocycles. The minimum atomic E-state index is -1.46. The molecule has 44 heavy (non-hydrogen) atoms. The third kappa shape index (κ3) is 3.23. The Morgan fingerprint density at radius 3 is 2.43 bits per heavy atom. The lowest BCUT2D eigenvalue weighted by atomic mass is 9.33. The predicted octanol–water partition coefficient (Wildman–Crippen LogP) is 2.49. The van der Waals surface area contributed by atoms with E-state index in [1.807, 2.05) is 26.8 Å². The first-order chi connectivity index (χ1) is 20.7. The molecule has 6 fully saturated rings. The van der Waals surface area contributed by atoms with Gasteiger partial charge in [0.2, 0.25) is 6.29 Å². The summed E-state index contributed by atoms with van der Waals surface area (Å²) in [5, 5.41) is 36.5. The highest BCUT2D eigenvalue weighted by atomic mass is 16.7. The summed E-state index contributed by atoms with van der Waals surface area (Å²) >= 11 is 0. The van der Waals surface area contributed by atoms with Gasteiger partial charge in [0.05, 0.1) is 48.8 Å². The summed E-state index contributed by atoms with van der Waals surface area (Å²) in [5.41, 5.74) is -4.95. The van der Waals surface area contributed by atoms with Crippen molar-refractivity contribution in [2.45, 2.75) is 116 Å². The van der Waals surface area contributed by atoms with Gasteiger partial charge in [0, 0.05) is 41.4 Å². The Kier molecular flexibility index (Phi) is 6.47. The van der Waals surface area contributed by atoms with Crippen molar-refractivity contribution in [2.24, 2.45) is 39.4 Å². The molecule has 6 aliphatic rings. The second-order valence-electron chi connectivity index (χ2n) is 15.0. The molecule has 1 aromatic rings. The van der Waals surface area contributed by atoms with Crippen LogP contribution in [0, 0.1) is 39.4 Å². The number of epoxide rings is 1. The van der Waals surface area contributed by atoms with Crippen molar-refractivity contribution in [3.63, 3.8) is 0 Å². The van der Waals surface area contributed by atoms with Crippen molar-refractivity contribution < 1.29 is 53.1 Å². The molecule has 7 rings (SSSR count). The highest BCUT2D eigenvalue weighted by Gasteiger charge is 2.92. The molecule has 15 atom stereocenters. The molecule has 242 valence electrons. The van der Waals surface area contributed by atoms with Crippen molar-refractivity contribution in [1.82, 2.24) is 0 Å². The first kappa shape index (κ1) is 30.3. The van der Waals surface area contributed by atoms with Crippen LogP contribution in [0.2, 0.25) is 0 Å². The van der Waals surface area contributed by atoms with Crippen molar-refractivity contribution in [3.8, 4) is 0 Å². The molecule has 1 aromatic heterocycles. The van der Waals surface area contributed by atoms with Crippen LogP contribution < -0.4 is 0 Å². The maximum absolute atomic E-state index is 14.8. The van der Waals surface area contributed by atoms with E-state index in [1.165, 1.54) is 6.92 Å². The molecule has 1 spiro atoms. The standard InChI is InChI=1S/C33H44O11/c1-7-15(2)27(39)43-28-29(4)19-11-20(35)31(6)25(32(19,14-41-28)21(36)12-22(29)42-16(3)34)24(37)26(38)30(5)18(17-8-9-40-13-17)10-23-33(30,31)44-23/h8-9,13,15,18-23,25-26,28,35-36,38H,7,10-12,14H2,1-6H3/t15-,18+,19+,20-,21+,22-,23-,25+,26+,28-,29-,30-,31-,32-,33-/m1/s1. The molecular formula is C33H44O11. The SMILES string of the molecule is CC[C@@H](C)C(=O)O[C@H]1OC[C@@]23[C@H]4C(=O)[C@H](O)[C@@]5(C)[C@H](c6ccoc6)C[C@H]6O[C@]65[C@]4(C)[C@H](O)C[C@H]2[C@]1(C)[C@H](OC(C)=O)C[C@@H]3O. The first-order valence-corrected chi connectivity index (χ1v) is 15.9. The molecule has 11 nitrogen and oxygen atoms in total. The highest BCUT2D eigenvalue weighted by Crippen LogP contribution is 2.82. The van der Waals surface area contributed by atoms with Crippen molar-refractivity contribution in [1.29, 1.82) is 0 Å². The number of fused-ring (bicyclic) bond motifs is 1. The van der Waals surface area contributed by atoms with Crippen LogP contribution in [0.1, 0.15) is 78.7 Å². The second-order valence-corrected chi connectivity index (χ2v) is 15.0. The normalized spacial score (nSPS) is 52.6. The maximum Gasteiger partial charge on any atom is 0.310 e. The van der Waals surface area contributed by atoms with Crippen LogP contribution in [0.3, 0.4) is 0 Å². The lowest BCUT2D eigenvalue weighted by molar-refractivity contribution is -0.374. The zero-order valence-corrected chi connectivity index (χ0v) is 26.1. The molecule has 2 aliphatic heterocycles. The average molecular weight is 617 g/mol. The van der Waals surface area contributed by atoms with Gasteiger partial charge in [-0.05, 0) is 43.7 Å². The molecule has 3 heterocycles. The lowest BCUT2D eigenvalue weighted by Crippen LogP contribution is -2.82. The van der Waals surface area contributed by atoms with Gasteiger partial charge >= 0.3 is 11.9 Å². The van der Waals surface area contributed by atoms with E-state index in [0.717, 1.165) is 5.56 Å². The van der Waals surface area contributed by atoms with E-state index in [1.54, 1.807) is 26.4 Å². The Morgan fingerprint density at radius 2 is 1.80 bits per heavy atom. The number of esters is 2. The average Bonchev–Trinajstić information content (AvgIpc) is 3.33. The Balaban J connectivity index is 1.37. The summed E-state index contributed by atoms with van der Waals surface area (Å²) in [5.74, 6) is -3.89. The zero-order chi connectivity index (χ0) is 31.8. The third-order valence-electron chi connectivity index (χ3n) is 13.5.